The molecule has 1 saturated heterocycles. The third-order valence-corrected chi connectivity index (χ3v) is 6.32. The van der Waals surface area contributed by atoms with E-state index in [-0.39, 0.29) is 11.8 Å². The topological polar surface area (TPSA) is 80.3 Å². The first-order chi connectivity index (χ1) is 17.5. The van der Waals surface area contributed by atoms with Crippen LogP contribution < -0.4 is 19.5 Å². The Morgan fingerprint density at radius 1 is 0.778 bits per heavy atom. The molecule has 188 valence electrons. The van der Waals surface area contributed by atoms with Crippen LogP contribution in [0.4, 0.5) is 5.69 Å². The maximum absolute atomic E-state index is 13.4. The monoisotopic (exact) mass is 489 g/mol. The number of nitrogens with one attached hydrogen (secondary N) is 1. The maximum Gasteiger partial charge on any atom is 0.254 e. The summed E-state index contributed by atoms with van der Waals surface area (Å²) in [7, 11) is 4.71. The van der Waals surface area contributed by atoms with Crippen molar-refractivity contribution in [2.75, 3.05) is 52.8 Å². The molecule has 1 fully saturated rings. The van der Waals surface area contributed by atoms with Crippen LogP contribution in [0.25, 0.3) is 0 Å². The summed E-state index contributed by atoms with van der Waals surface area (Å²) in [6.07, 6.45) is 0. The molecular formula is C28H31N3O5. The molecule has 1 N–H and O–H groups in total. The molecule has 0 aromatic heterocycles. The first-order valence-electron chi connectivity index (χ1n) is 11.8. The van der Waals surface area contributed by atoms with Gasteiger partial charge in [0.25, 0.3) is 5.91 Å². The molecule has 0 saturated carbocycles. The van der Waals surface area contributed by atoms with Crippen LogP contribution in [0.3, 0.4) is 0 Å². The summed E-state index contributed by atoms with van der Waals surface area (Å²) >= 11 is 0. The number of amides is 2. The largest absolute Gasteiger partial charge is 0.497 e. The predicted octanol–water partition coefficient (Wildman–Crippen LogP) is 3.85. The number of hydrogen-bond acceptors (Lipinski definition) is 6. The third kappa shape index (κ3) is 5.60. The average molecular weight is 490 g/mol. The van der Waals surface area contributed by atoms with Gasteiger partial charge in [0.2, 0.25) is 5.91 Å². The number of benzene rings is 3. The Labute approximate surface area is 211 Å². The Morgan fingerprint density at radius 3 is 2.06 bits per heavy atom. The summed E-state index contributed by atoms with van der Waals surface area (Å²) in [5.74, 6) is 1.62. The van der Waals surface area contributed by atoms with Gasteiger partial charge in [-0.15, -0.1) is 0 Å². The van der Waals surface area contributed by atoms with E-state index in [4.69, 9.17) is 14.2 Å². The number of piperazine rings is 1. The number of nitrogens with zero attached hydrogens (tertiary/aromatic N) is 2. The van der Waals surface area contributed by atoms with Gasteiger partial charge >= 0.3 is 0 Å². The van der Waals surface area contributed by atoms with Gasteiger partial charge in [-0.05, 0) is 48.0 Å². The fourth-order valence-electron chi connectivity index (χ4n) is 4.38. The molecular weight excluding hydrogens is 458 g/mol. The Balaban J connectivity index is 1.47. The zero-order chi connectivity index (χ0) is 25.5. The highest BCUT2D eigenvalue weighted by atomic mass is 16.5. The van der Waals surface area contributed by atoms with Gasteiger partial charge in [-0.3, -0.25) is 14.5 Å². The molecule has 4 rings (SSSR count). The van der Waals surface area contributed by atoms with E-state index in [0.717, 1.165) is 11.3 Å². The van der Waals surface area contributed by atoms with E-state index < -0.39 is 6.04 Å². The van der Waals surface area contributed by atoms with Crippen molar-refractivity contribution in [1.29, 1.82) is 0 Å². The number of rotatable bonds is 8. The number of carbonyl (C=O) groups is 2. The van der Waals surface area contributed by atoms with Gasteiger partial charge in [0.1, 0.15) is 11.8 Å². The van der Waals surface area contributed by atoms with Crippen molar-refractivity contribution >= 4 is 17.5 Å². The molecule has 0 bridgehead atoms. The SMILES string of the molecule is COc1ccc(NC(=O)C(c2ccccc2)N2CCN(C(=O)c3ccc(OC)c(OC)c3)CC2)cc1. The van der Waals surface area contributed by atoms with Crippen LogP contribution in [0.5, 0.6) is 17.2 Å². The minimum atomic E-state index is -0.480. The number of anilines is 1. The molecule has 8 nitrogen and oxygen atoms in total. The lowest BCUT2D eigenvalue weighted by Crippen LogP contribution is -2.51. The first-order valence-corrected chi connectivity index (χ1v) is 11.8. The van der Waals surface area contributed by atoms with E-state index in [1.807, 2.05) is 54.6 Å². The molecule has 3 aromatic rings. The van der Waals surface area contributed by atoms with Crippen LogP contribution in [0.2, 0.25) is 0 Å². The van der Waals surface area contributed by atoms with Crippen LogP contribution in [0.15, 0.2) is 72.8 Å². The highest BCUT2D eigenvalue weighted by Crippen LogP contribution is 2.29. The van der Waals surface area contributed by atoms with E-state index in [0.29, 0.717) is 48.9 Å². The average Bonchev–Trinajstić information content (AvgIpc) is 2.93. The van der Waals surface area contributed by atoms with Gasteiger partial charge in [-0.25, -0.2) is 0 Å². The summed E-state index contributed by atoms with van der Waals surface area (Å²) in [4.78, 5) is 30.5. The van der Waals surface area contributed by atoms with Crippen molar-refractivity contribution in [3.63, 3.8) is 0 Å². The van der Waals surface area contributed by atoms with Gasteiger partial charge in [-0.1, -0.05) is 30.3 Å². The lowest BCUT2D eigenvalue weighted by Gasteiger charge is -2.38. The Kier molecular flexibility index (Phi) is 8.07. The van der Waals surface area contributed by atoms with E-state index in [9.17, 15) is 9.59 Å². The van der Waals surface area contributed by atoms with Gasteiger partial charge in [0, 0.05) is 37.4 Å². The predicted molar refractivity (Wildman–Crippen MR) is 138 cm³/mol. The number of carbonyl (C=O) groups excluding carboxylic acids is 2. The molecule has 36 heavy (non-hydrogen) atoms. The zero-order valence-electron chi connectivity index (χ0n) is 20.8. The molecule has 8 heteroatoms. The number of ether oxygens (including phenoxy) is 3. The van der Waals surface area contributed by atoms with Crippen LogP contribution in [0, 0.1) is 0 Å². The van der Waals surface area contributed by atoms with Gasteiger partial charge in [0.15, 0.2) is 11.5 Å². The molecule has 0 spiro atoms. The van der Waals surface area contributed by atoms with Gasteiger partial charge in [-0.2, -0.15) is 0 Å². The zero-order valence-corrected chi connectivity index (χ0v) is 20.8. The van der Waals surface area contributed by atoms with Crippen LogP contribution in [0.1, 0.15) is 22.0 Å². The summed E-state index contributed by atoms with van der Waals surface area (Å²) in [6, 6.07) is 21.7. The van der Waals surface area contributed by atoms with E-state index >= 15 is 0 Å². The summed E-state index contributed by atoms with van der Waals surface area (Å²) in [6.45, 7) is 2.14. The Bertz CT molecular complexity index is 1180. The summed E-state index contributed by atoms with van der Waals surface area (Å²) in [5.41, 5.74) is 2.14. The van der Waals surface area contributed by atoms with Crippen LogP contribution in [-0.2, 0) is 4.79 Å². The molecule has 1 unspecified atom stereocenters. The Hall–Kier alpha value is -4.04. The van der Waals surface area contributed by atoms with Crippen molar-refractivity contribution in [1.82, 2.24) is 9.80 Å². The third-order valence-electron chi connectivity index (χ3n) is 6.32. The van der Waals surface area contributed by atoms with Crippen molar-refractivity contribution in [2.45, 2.75) is 6.04 Å². The lowest BCUT2D eigenvalue weighted by molar-refractivity contribution is -0.122. The summed E-state index contributed by atoms with van der Waals surface area (Å²) < 4.78 is 15.8. The minimum Gasteiger partial charge on any atom is -0.497 e. The smallest absolute Gasteiger partial charge is 0.254 e. The molecule has 0 aliphatic carbocycles. The standard InChI is InChI=1S/C28H31N3O5/c1-34-23-12-10-22(11-13-23)29-27(32)26(20-7-5-4-6-8-20)30-15-17-31(18-16-30)28(33)21-9-14-24(35-2)25(19-21)36-3/h4-14,19,26H,15-18H2,1-3H3,(H,29,32). The first kappa shape index (κ1) is 25.1. The fraction of sp³-hybridized carbons (Fsp3) is 0.286. The molecule has 1 aliphatic heterocycles. The second-order valence-corrected chi connectivity index (χ2v) is 8.43. The van der Waals surface area contributed by atoms with Crippen molar-refractivity contribution in [3.8, 4) is 17.2 Å². The minimum absolute atomic E-state index is 0.0745. The normalized spacial score (nSPS) is 14.6. The molecule has 1 atom stereocenters. The second-order valence-electron chi connectivity index (χ2n) is 8.43. The molecule has 1 aliphatic rings. The quantitative estimate of drug-likeness (QED) is 0.518. The molecule has 3 aromatic carbocycles. The fourth-order valence-corrected chi connectivity index (χ4v) is 4.38. The second kappa shape index (κ2) is 11.6. The maximum atomic E-state index is 13.4. The van der Waals surface area contributed by atoms with Gasteiger partial charge < -0.3 is 24.4 Å². The highest BCUT2D eigenvalue weighted by Gasteiger charge is 2.32. The van der Waals surface area contributed by atoms with Crippen molar-refractivity contribution in [2.24, 2.45) is 0 Å². The van der Waals surface area contributed by atoms with E-state index in [2.05, 4.69) is 10.2 Å². The highest BCUT2D eigenvalue weighted by molar-refractivity contribution is 5.96. The van der Waals surface area contributed by atoms with E-state index in [1.54, 1.807) is 44.4 Å². The van der Waals surface area contributed by atoms with Gasteiger partial charge in [0.05, 0.1) is 21.3 Å². The molecule has 1 heterocycles. The van der Waals surface area contributed by atoms with Crippen molar-refractivity contribution in [3.05, 3.63) is 83.9 Å². The van der Waals surface area contributed by atoms with Crippen LogP contribution >= 0.6 is 0 Å². The Morgan fingerprint density at radius 2 is 1.44 bits per heavy atom. The molecule has 2 amide bonds. The number of methoxy groups -OCH3 is 3. The summed E-state index contributed by atoms with van der Waals surface area (Å²) in [5, 5.41) is 3.03. The van der Waals surface area contributed by atoms with Crippen LogP contribution in [-0.4, -0.2) is 69.1 Å². The van der Waals surface area contributed by atoms with E-state index in [1.165, 1.54) is 0 Å². The van der Waals surface area contributed by atoms with Crippen molar-refractivity contribution < 1.29 is 23.8 Å². The lowest BCUT2D eigenvalue weighted by atomic mass is 10.0. The molecule has 0 radical (unpaired) electrons. The number of hydrogen-bond donors (Lipinski definition) is 1.